The van der Waals surface area contributed by atoms with Crippen molar-refractivity contribution in [1.29, 1.82) is 0 Å². The molecule has 0 spiro atoms. The molecule has 1 heterocycles. The molecule has 0 aliphatic carbocycles. The Morgan fingerprint density at radius 1 is 1.47 bits per heavy atom. The van der Waals surface area contributed by atoms with Gasteiger partial charge in [-0.15, -0.1) is 0 Å². The number of nitrogens with one attached hydrogen (secondary N) is 1. The van der Waals surface area contributed by atoms with E-state index in [0.717, 1.165) is 15.3 Å². The lowest BCUT2D eigenvalue weighted by molar-refractivity contribution is 0.410. The Morgan fingerprint density at radius 2 is 2.06 bits per heavy atom. The predicted octanol–water partition coefficient (Wildman–Crippen LogP) is -2.04. The number of hydrogen-bond acceptors (Lipinski definition) is 5. The summed E-state index contributed by atoms with van der Waals surface area (Å²) < 4.78 is 1.77. The number of hydrogen-bond donors (Lipinski definition) is 3. The molecule has 0 aliphatic rings. The Morgan fingerprint density at radius 3 is 2.59 bits per heavy atom. The zero-order valence-corrected chi connectivity index (χ0v) is 9.98. The van der Waals surface area contributed by atoms with Crippen LogP contribution in [0.15, 0.2) is 14.7 Å². The molecule has 8 nitrogen and oxygen atoms in total. The van der Waals surface area contributed by atoms with Gasteiger partial charge in [-0.25, -0.2) is 4.79 Å². The first-order valence-corrected chi connectivity index (χ1v) is 4.84. The summed E-state index contributed by atoms with van der Waals surface area (Å²) in [5.41, 5.74) is 5.92. The maximum atomic E-state index is 11.6. The molecule has 0 amide bonds. The molecule has 0 bridgehead atoms. The van der Waals surface area contributed by atoms with Crippen molar-refractivity contribution < 1.29 is 5.11 Å². The lowest BCUT2D eigenvalue weighted by Crippen LogP contribution is -2.38. The van der Waals surface area contributed by atoms with Crippen LogP contribution in [0.2, 0.25) is 0 Å². The van der Waals surface area contributed by atoms with E-state index in [1.807, 2.05) is 0 Å². The van der Waals surface area contributed by atoms with E-state index in [2.05, 4.69) is 22.7 Å². The first kappa shape index (κ1) is 12.9. The fourth-order valence-corrected chi connectivity index (χ4v) is 1.19. The third kappa shape index (κ3) is 2.50. The van der Waals surface area contributed by atoms with Crippen molar-refractivity contribution in [3.63, 3.8) is 0 Å². The number of aromatic hydroxyl groups is 1. The van der Waals surface area contributed by atoms with Gasteiger partial charge in [-0.2, -0.15) is 5.10 Å². The summed E-state index contributed by atoms with van der Waals surface area (Å²) in [7, 11) is 2.62. The van der Waals surface area contributed by atoms with Gasteiger partial charge in [-0.1, -0.05) is 0 Å². The van der Waals surface area contributed by atoms with Crippen LogP contribution in [0.4, 0.5) is 0 Å². The van der Waals surface area contributed by atoms with Gasteiger partial charge in [0.1, 0.15) is 5.56 Å². The molecule has 0 atom stereocenters. The zero-order chi connectivity index (χ0) is 13.2. The minimum absolute atomic E-state index is 0.0811. The van der Waals surface area contributed by atoms with Gasteiger partial charge >= 0.3 is 5.69 Å². The molecule has 0 saturated carbocycles. The predicted molar refractivity (Wildman–Crippen MR) is 66.1 cm³/mol. The van der Waals surface area contributed by atoms with E-state index < -0.39 is 17.1 Å². The van der Waals surface area contributed by atoms with Crippen LogP contribution >= 0.6 is 12.2 Å². The molecule has 1 aromatic rings. The number of hydrazone groups is 1. The van der Waals surface area contributed by atoms with Crippen molar-refractivity contribution in [3.8, 4) is 5.88 Å². The smallest absolute Gasteiger partial charge is 0.333 e. The van der Waals surface area contributed by atoms with Crippen LogP contribution in [0, 0.1) is 0 Å². The van der Waals surface area contributed by atoms with Crippen LogP contribution < -0.4 is 22.4 Å². The van der Waals surface area contributed by atoms with Gasteiger partial charge in [-0.05, 0) is 12.2 Å². The third-order valence-corrected chi connectivity index (χ3v) is 2.13. The monoisotopic (exact) mass is 257 g/mol. The second-order valence-electron chi connectivity index (χ2n) is 3.18. The molecule has 0 aliphatic heterocycles. The standard InChI is InChI=1S/C8H11N5O3S/c1-12-5(14)4(3-10-11-7(9)17)6(15)13(2)8(12)16/h3,14H,1-2H3,(H3,9,11,17)/b10-3+. The van der Waals surface area contributed by atoms with Crippen LogP contribution in [-0.4, -0.2) is 25.6 Å². The largest absolute Gasteiger partial charge is 0.494 e. The summed E-state index contributed by atoms with van der Waals surface area (Å²) in [6, 6.07) is 0. The number of nitrogens with two attached hydrogens (primary N) is 1. The van der Waals surface area contributed by atoms with E-state index in [9.17, 15) is 14.7 Å². The van der Waals surface area contributed by atoms with E-state index in [0.29, 0.717) is 0 Å². The van der Waals surface area contributed by atoms with Crippen LogP contribution in [0.25, 0.3) is 0 Å². The molecule has 0 fully saturated rings. The number of rotatable bonds is 2. The second-order valence-corrected chi connectivity index (χ2v) is 3.62. The summed E-state index contributed by atoms with van der Waals surface area (Å²) in [4.78, 5) is 23.1. The molecule has 0 unspecified atom stereocenters. The first-order valence-electron chi connectivity index (χ1n) is 4.43. The first-order chi connectivity index (χ1) is 7.86. The van der Waals surface area contributed by atoms with Crippen LogP contribution in [0.5, 0.6) is 5.88 Å². The molecule has 9 heteroatoms. The van der Waals surface area contributed by atoms with E-state index in [1.165, 1.54) is 14.1 Å². The molecule has 17 heavy (non-hydrogen) atoms. The molecule has 0 radical (unpaired) electrons. The minimum Gasteiger partial charge on any atom is -0.494 e. The molecule has 0 saturated heterocycles. The van der Waals surface area contributed by atoms with Crippen molar-refractivity contribution in [2.45, 2.75) is 0 Å². The maximum absolute atomic E-state index is 11.6. The van der Waals surface area contributed by atoms with Gasteiger partial charge in [0.2, 0.25) is 5.88 Å². The highest BCUT2D eigenvalue weighted by Gasteiger charge is 2.12. The molecule has 4 N–H and O–H groups in total. The maximum Gasteiger partial charge on any atom is 0.333 e. The van der Waals surface area contributed by atoms with Crippen molar-refractivity contribution in [3.05, 3.63) is 26.4 Å². The highest BCUT2D eigenvalue weighted by Crippen LogP contribution is 2.05. The zero-order valence-electron chi connectivity index (χ0n) is 9.17. The SMILES string of the molecule is Cn1c(O)c(/C=N/NC(N)=S)c(=O)n(C)c1=O. The average Bonchev–Trinajstić information content (AvgIpc) is 2.28. The van der Waals surface area contributed by atoms with Crippen molar-refractivity contribution in [1.82, 2.24) is 14.6 Å². The van der Waals surface area contributed by atoms with E-state index in [-0.39, 0.29) is 10.7 Å². The van der Waals surface area contributed by atoms with Crippen LogP contribution in [0.1, 0.15) is 5.56 Å². The average molecular weight is 257 g/mol. The summed E-state index contributed by atoms with van der Waals surface area (Å²) in [6.07, 6.45) is 1.04. The van der Waals surface area contributed by atoms with E-state index >= 15 is 0 Å². The van der Waals surface area contributed by atoms with Crippen LogP contribution in [-0.2, 0) is 14.1 Å². The Hall–Kier alpha value is -2.16. The van der Waals surface area contributed by atoms with Gasteiger partial charge in [0, 0.05) is 14.1 Å². The Labute approximate surface area is 101 Å². The summed E-state index contributed by atoms with van der Waals surface area (Å²) in [6.45, 7) is 0. The lowest BCUT2D eigenvalue weighted by Gasteiger charge is -2.06. The summed E-state index contributed by atoms with van der Waals surface area (Å²) >= 11 is 4.50. The number of nitrogens with zero attached hydrogens (tertiary/aromatic N) is 3. The molecular formula is C8H11N5O3S. The van der Waals surface area contributed by atoms with Gasteiger partial charge in [0.25, 0.3) is 5.56 Å². The quantitative estimate of drug-likeness (QED) is 0.319. The van der Waals surface area contributed by atoms with Crippen molar-refractivity contribution in [2.24, 2.45) is 24.9 Å². The normalized spacial score (nSPS) is 10.7. The third-order valence-electron chi connectivity index (χ3n) is 2.04. The Bertz CT molecular complexity index is 600. The molecule has 0 aromatic carbocycles. The van der Waals surface area contributed by atoms with E-state index in [1.54, 1.807) is 0 Å². The summed E-state index contributed by atoms with van der Waals surface area (Å²) in [5.74, 6) is -0.480. The fourth-order valence-electron chi connectivity index (χ4n) is 1.13. The van der Waals surface area contributed by atoms with Crippen molar-refractivity contribution in [2.75, 3.05) is 0 Å². The second kappa shape index (κ2) is 4.78. The molecule has 92 valence electrons. The Balaban J connectivity index is 3.35. The van der Waals surface area contributed by atoms with Gasteiger partial charge < -0.3 is 10.8 Å². The number of aromatic nitrogens is 2. The van der Waals surface area contributed by atoms with Gasteiger partial charge in [0.05, 0.1) is 6.21 Å². The number of thiocarbonyl (C=S) groups is 1. The Kier molecular flexibility index (Phi) is 3.63. The van der Waals surface area contributed by atoms with Crippen LogP contribution in [0.3, 0.4) is 0 Å². The lowest BCUT2D eigenvalue weighted by atomic mass is 10.3. The topological polar surface area (TPSA) is 115 Å². The minimum atomic E-state index is -0.668. The van der Waals surface area contributed by atoms with Crippen molar-refractivity contribution >= 4 is 23.5 Å². The van der Waals surface area contributed by atoms with E-state index in [4.69, 9.17) is 5.73 Å². The van der Waals surface area contributed by atoms with Gasteiger partial charge in [-0.3, -0.25) is 19.4 Å². The van der Waals surface area contributed by atoms with Gasteiger partial charge in [0.15, 0.2) is 5.11 Å². The fraction of sp³-hybridized carbons (Fsp3) is 0.250. The molecule has 1 rings (SSSR count). The highest BCUT2D eigenvalue weighted by atomic mass is 32.1. The summed E-state index contributed by atoms with van der Waals surface area (Å²) in [5, 5.41) is 13.1. The highest BCUT2D eigenvalue weighted by molar-refractivity contribution is 7.80. The molecule has 1 aromatic heterocycles. The molecular weight excluding hydrogens is 246 g/mol.